The molecule has 2 aliphatic rings. The first kappa shape index (κ1) is 15.1. The number of amides is 1. The normalized spacial score (nSPS) is 23.0. The van der Waals surface area contributed by atoms with E-state index in [0.717, 1.165) is 36.1 Å². The van der Waals surface area contributed by atoms with Crippen LogP contribution in [0.4, 0.5) is 0 Å². The fraction of sp³-hybridized carbons (Fsp3) is 0.647. The number of imidazole rings is 1. The molecule has 0 radical (unpaired) electrons. The van der Waals surface area contributed by atoms with Crippen molar-refractivity contribution in [3.63, 3.8) is 0 Å². The zero-order valence-electron chi connectivity index (χ0n) is 13.4. The molecule has 1 atom stereocenters. The number of hydrogen-bond acceptors (Lipinski definition) is 4. The topological polar surface area (TPSA) is 49.6 Å². The third-order valence-electron chi connectivity index (χ3n) is 5.11. The summed E-state index contributed by atoms with van der Waals surface area (Å²) in [7, 11) is 0. The first-order valence-electron chi connectivity index (χ1n) is 8.69. The summed E-state index contributed by atoms with van der Waals surface area (Å²) >= 11 is 1.60. The minimum atomic E-state index is 0.100. The summed E-state index contributed by atoms with van der Waals surface area (Å²) < 4.78 is 1.98. The van der Waals surface area contributed by atoms with E-state index in [-0.39, 0.29) is 5.91 Å². The highest BCUT2D eigenvalue weighted by atomic mass is 32.1. The highest BCUT2D eigenvalue weighted by Gasteiger charge is 2.27. The van der Waals surface area contributed by atoms with E-state index in [9.17, 15) is 4.79 Å². The van der Waals surface area contributed by atoms with Crippen LogP contribution in [0.3, 0.4) is 0 Å². The molecule has 1 saturated heterocycles. The van der Waals surface area contributed by atoms with Crippen LogP contribution in [-0.2, 0) is 11.2 Å². The molecular formula is C17H24N4OS. The summed E-state index contributed by atoms with van der Waals surface area (Å²) in [5.41, 5.74) is 0.857. The van der Waals surface area contributed by atoms with Crippen molar-refractivity contribution < 1.29 is 4.79 Å². The molecule has 1 aliphatic carbocycles. The van der Waals surface area contributed by atoms with Crippen LogP contribution in [0.25, 0.3) is 4.96 Å². The molecular weight excluding hydrogens is 308 g/mol. The van der Waals surface area contributed by atoms with Gasteiger partial charge in [0.2, 0.25) is 5.91 Å². The number of thiazole rings is 1. The Morgan fingerprint density at radius 2 is 2.22 bits per heavy atom. The molecule has 1 saturated carbocycles. The zero-order chi connectivity index (χ0) is 15.6. The Kier molecular flexibility index (Phi) is 4.35. The average molecular weight is 332 g/mol. The van der Waals surface area contributed by atoms with Crippen LogP contribution >= 0.6 is 11.3 Å². The van der Waals surface area contributed by atoms with Crippen LogP contribution in [0.5, 0.6) is 0 Å². The van der Waals surface area contributed by atoms with E-state index in [2.05, 4.69) is 15.2 Å². The Labute approximate surface area is 140 Å². The van der Waals surface area contributed by atoms with Crippen LogP contribution in [0.1, 0.15) is 37.8 Å². The number of hydrogen-bond donors (Lipinski definition) is 1. The van der Waals surface area contributed by atoms with Crippen molar-refractivity contribution in [2.45, 2.75) is 44.6 Å². The molecule has 4 rings (SSSR count). The van der Waals surface area contributed by atoms with E-state index in [1.807, 2.05) is 22.2 Å². The molecule has 23 heavy (non-hydrogen) atoms. The first-order chi connectivity index (χ1) is 11.3. The monoisotopic (exact) mass is 332 g/mol. The van der Waals surface area contributed by atoms with Gasteiger partial charge in [0.05, 0.1) is 12.1 Å². The largest absolute Gasteiger partial charge is 0.352 e. The van der Waals surface area contributed by atoms with Gasteiger partial charge < -0.3 is 10.2 Å². The molecule has 0 aromatic carbocycles. The van der Waals surface area contributed by atoms with E-state index >= 15 is 0 Å². The van der Waals surface area contributed by atoms with Gasteiger partial charge in [0.25, 0.3) is 0 Å². The second-order valence-electron chi connectivity index (χ2n) is 6.97. The lowest BCUT2D eigenvalue weighted by atomic mass is 10.1. The number of aromatic nitrogens is 2. The maximum absolute atomic E-state index is 12.2. The van der Waals surface area contributed by atoms with E-state index < -0.39 is 0 Å². The second-order valence-corrected chi connectivity index (χ2v) is 7.84. The number of rotatable bonds is 5. The molecule has 0 unspecified atom stereocenters. The van der Waals surface area contributed by atoms with Crippen molar-refractivity contribution in [1.82, 2.24) is 19.6 Å². The third kappa shape index (κ3) is 3.58. The number of nitrogens with zero attached hydrogens (tertiary/aromatic N) is 3. The van der Waals surface area contributed by atoms with Crippen molar-refractivity contribution in [1.29, 1.82) is 0 Å². The van der Waals surface area contributed by atoms with Crippen molar-refractivity contribution in [3.8, 4) is 0 Å². The van der Waals surface area contributed by atoms with Gasteiger partial charge in [-0.25, -0.2) is 4.98 Å². The molecule has 3 heterocycles. The summed E-state index contributed by atoms with van der Waals surface area (Å²) in [5, 5.41) is 5.20. The van der Waals surface area contributed by atoms with Crippen LogP contribution < -0.4 is 5.32 Å². The molecule has 2 aromatic rings. The zero-order valence-corrected chi connectivity index (χ0v) is 14.2. The Hall–Kier alpha value is -1.40. The van der Waals surface area contributed by atoms with E-state index in [1.165, 1.54) is 32.2 Å². The lowest BCUT2D eigenvalue weighted by Crippen LogP contribution is -2.38. The van der Waals surface area contributed by atoms with Gasteiger partial charge >= 0.3 is 0 Å². The molecule has 6 heteroatoms. The highest BCUT2D eigenvalue weighted by molar-refractivity contribution is 7.15. The van der Waals surface area contributed by atoms with E-state index in [4.69, 9.17) is 0 Å². The smallest absolute Gasteiger partial charge is 0.226 e. The van der Waals surface area contributed by atoms with Crippen molar-refractivity contribution in [3.05, 3.63) is 23.5 Å². The quantitative estimate of drug-likeness (QED) is 0.914. The average Bonchev–Trinajstić information content (AvgIpc) is 3.24. The molecule has 5 nitrogen and oxygen atoms in total. The van der Waals surface area contributed by atoms with Crippen molar-refractivity contribution >= 4 is 22.2 Å². The minimum absolute atomic E-state index is 0.100. The highest BCUT2D eigenvalue weighted by Crippen LogP contribution is 2.26. The Morgan fingerprint density at radius 3 is 3.04 bits per heavy atom. The number of carbonyl (C=O) groups is 1. The number of likely N-dealkylation sites (tertiary alicyclic amines) is 1. The first-order valence-corrected chi connectivity index (χ1v) is 9.57. The lowest BCUT2D eigenvalue weighted by Gasteiger charge is -2.20. The van der Waals surface area contributed by atoms with Gasteiger partial charge in [-0.2, -0.15) is 0 Å². The molecule has 1 aliphatic heterocycles. The predicted molar refractivity (Wildman–Crippen MR) is 91.7 cm³/mol. The fourth-order valence-corrected chi connectivity index (χ4v) is 4.70. The standard InChI is InChI=1S/C17H24N4OS/c22-16(9-15-12-21-7-8-23-17(21)19-15)18-14-5-6-20(11-14)10-13-3-1-2-4-13/h7-8,12-14H,1-6,9-11H2,(H,18,22)/t14-/m1/s1. The molecule has 1 N–H and O–H groups in total. The molecule has 124 valence electrons. The molecule has 2 fully saturated rings. The van der Waals surface area contributed by atoms with Gasteiger partial charge in [0.1, 0.15) is 0 Å². The van der Waals surface area contributed by atoms with Gasteiger partial charge in [-0.3, -0.25) is 9.20 Å². The molecule has 0 spiro atoms. The van der Waals surface area contributed by atoms with Gasteiger partial charge in [-0.05, 0) is 25.2 Å². The van der Waals surface area contributed by atoms with E-state index in [1.54, 1.807) is 11.3 Å². The maximum Gasteiger partial charge on any atom is 0.226 e. The van der Waals surface area contributed by atoms with E-state index in [0.29, 0.717) is 12.5 Å². The number of carbonyl (C=O) groups excluding carboxylic acids is 1. The van der Waals surface area contributed by atoms with Gasteiger partial charge in [0.15, 0.2) is 4.96 Å². The Morgan fingerprint density at radius 1 is 1.35 bits per heavy atom. The van der Waals surface area contributed by atoms with Gasteiger partial charge in [-0.15, -0.1) is 11.3 Å². The molecule has 1 amide bonds. The van der Waals surface area contributed by atoms with Crippen molar-refractivity contribution in [2.24, 2.45) is 5.92 Å². The SMILES string of the molecule is O=C(Cc1cn2ccsc2n1)N[C@@H]1CCN(CC2CCCC2)C1. The van der Waals surface area contributed by atoms with Gasteiger partial charge in [-0.1, -0.05) is 12.8 Å². The number of fused-ring (bicyclic) bond motifs is 1. The van der Waals surface area contributed by atoms with Crippen LogP contribution in [-0.4, -0.2) is 45.9 Å². The maximum atomic E-state index is 12.2. The third-order valence-corrected chi connectivity index (χ3v) is 5.88. The lowest BCUT2D eigenvalue weighted by molar-refractivity contribution is -0.121. The van der Waals surface area contributed by atoms with Crippen LogP contribution in [0.2, 0.25) is 0 Å². The van der Waals surface area contributed by atoms with Gasteiger partial charge in [0, 0.05) is 43.4 Å². The summed E-state index contributed by atoms with van der Waals surface area (Å²) in [6.07, 6.45) is 11.0. The Bertz CT molecular complexity index is 644. The molecule has 2 aromatic heterocycles. The number of nitrogens with one attached hydrogen (secondary N) is 1. The summed E-state index contributed by atoms with van der Waals surface area (Å²) in [6.45, 7) is 3.37. The Balaban J connectivity index is 1.25. The predicted octanol–water partition coefficient (Wildman–Crippen LogP) is 2.32. The summed E-state index contributed by atoms with van der Waals surface area (Å²) in [4.78, 5) is 20.2. The summed E-state index contributed by atoms with van der Waals surface area (Å²) in [5.74, 6) is 0.992. The van der Waals surface area contributed by atoms with Crippen LogP contribution in [0, 0.1) is 5.92 Å². The second kappa shape index (κ2) is 6.61. The van der Waals surface area contributed by atoms with Crippen molar-refractivity contribution in [2.75, 3.05) is 19.6 Å². The fourth-order valence-electron chi connectivity index (χ4n) is 3.98. The van der Waals surface area contributed by atoms with Crippen LogP contribution in [0.15, 0.2) is 17.8 Å². The molecule has 0 bridgehead atoms. The minimum Gasteiger partial charge on any atom is -0.352 e. The summed E-state index contributed by atoms with van der Waals surface area (Å²) in [6, 6.07) is 0.313.